The molecule has 0 unspecified atom stereocenters. The van der Waals surface area contributed by atoms with Crippen molar-refractivity contribution in [3.05, 3.63) is 64.4 Å². The molecule has 1 aromatic heterocycles. The van der Waals surface area contributed by atoms with Crippen molar-refractivity contribution < 1.29 is 4.79 Å². The van der Waals surface area contributed by atoms with Crippen LogP contribution in [0.15, 0.2) is 53.3 Å². The van der Waals surface area contributed by atoms with Gasteiger partial charge in [-0.15, -0.1) is 0 Å². The highest BCUT2D eigenvalue weighted by Gasteiger charge is 2.08. The highest BCUT2D eigenvalue weighted by molar-refractivity contribution is 9.10. The number of amides is 2. The summed E-state index contributed by atoms with van der Waals surface area (Å²) in [5, 5.41) is 5.73. The molecule has 2 aromatic rings. The molecule has 0 aliphatic heterocycles. The van der Waals surface area contributed by atoms with Gasteiger partial charge in [0.25, 0.3) is 0 Å². The Morgan fingerprint density at radius 2 is 1.85 bits per heavy atom. The number of urea groups is 1. The summed E-state index contributed by atoms with van der Waals surface area (Å²) in [7, 11) is 0. The van der Waals surface area contributed by atoms with Crippen molar-refractivity contribution in [3.8, 4) is 0 Å². The lowest BCUT2D eigenvalue weighted by molar-refractivity contribution is 0.237. The molecule has 1 heterocycles. The number of carbonyl (C=O) groups is 1. The van der Waals surface area contributed by atoms with Crippen molar-refractivity contribution in [2.75, 3.05) is 0 Å². The van der Waals surface area contributed by atoms with E-state index >= 15 is 0 Å². The molecule has 20 heavy (non-hydrogen) atoms. The van der Waals surface area contributed by atoms with Crippen LogP contribution in [-0.4, -0.2) is 11.0 Å². The molecule has 5 heteroatoms. The van der Waals surface area contributed by atoms with E-state index in [1.807, 2.05) is 43.3 Å². The maximum Gasteiger partial charge on any atom is 0.315 e. The number of pyridine rings is 1. The standard InChI is InChI=1S/C15H16BrN3O/c1-11(13-6-8-17-9-7-13)19-15(20)18-10-12-2-4-14(16)5-3-12/h2-9,11H,10H2,1H3,(H2,18,19,20)/t11-/m0/s1. The third-order valence-electron chi connectivity index (χ3n) is 2.92. The summed E-state index contributed by atoms with van der Waals surface area (Å²) in [5.41, 5.74) is 2.08. The maximum atomic E-state index is 11.8. The first kappa shape index (κ1) is 14.5. The predicted molar refractivity (Wildman–Crippen MR) is 82.2 cm³/mol. The Hall–Kier alpha value is -1.88. The van der Waals surface area contributed by atoms with E-state index in [0.29, 0.717) is 6.54 Å². The van der Waals surface area contributed by atoms with Crippen LogP contribution in [0.3, 0.4) is 0 Å². The van der Waals surface area contributed by atoms with E-state index in [9.17, 15) is 4.79 Å². The number of hydrogen-bond acceptors (Lipinski definition) is 2. The molecular formula is C15H16BrN3O. The number of halogens is 1. The van der Waals surface area contributed by atoms with Crippen LogP contribution in [0.2, 0.25) is 0 Å². The van der Waals surface area contributed by atoms with Gasteiger partial charge < -0.3 is 10.6 Å². The molecule has 0 radical (unpaired) electrons. The zero-order valence-electron chi connectivity index (χ0n) is 11.1. The number of hydrogen-bond donors (Lipinski definition) is 2. The highest BCUT2D eigenvalue weighted by atomic mass is 79.9. The third-order valence-corrected chi connectivity index (χ3v) is 3.45. The Kier molecular flexibility index (Phi) is 5.12. The molecule has 0 fully saturated rings. The molecule has 1 atom stereocenters. The van der Waals surface area contributed by atoms with Crippen LogP contribution in [0.5, 0.6) is 0 Å². The minimum absolute atomic E-state index is 0.0529. The average Bonchev–Trinajstić information content (AvgIpc) is 2.47. The topological polar surface area (TPSA) is 54.0 Å². The number of carbonyl (C=O) groups excluding carboxylic acids is 1. The Balaban J connectivity index is 1.82. The van der Waals surface area contributed by atoms with Crippen molar-refractivity contribution in [1.29, 1.82) is 0 Å². The fourth-order valence-electron chi connectivity index (χ4n) is 1.77. The van der Waals surface area contributed by atoms with E-state index in [0.717, 1.165) is 15.6 Å². The third kappa shape index (κ3) is 4.35. The molecule has 0 saturated heterocycles. The Labute approximate surface area is 126 Å². The molecule has 2 rings (SSSR count). The van der Waals surface area contributed by atoms with Gasteiger partial charge >= 0.3 is 6.03 Å². The molecular weight excluding hydrogens is 318 g/mol. The van der Waals surface area contributed by atoms with Gasteiger partial charge in [0.1, 0.15) is 0 Å². The Bertz CT molecular complexity index is 557. The lowest BCUT2D eigenvalue weighted by Crippen LogP contribution is -2.36. The number of rotatable bonds is 4. The molecule has 2 amide bonds. The van der Waals surface area contributed by atoms with Crippen LogP contribution in [0, 0.1) is 0 Å². The molecule has 0 bridgehead atoms. The fraction of sp³-hybridized carbons (Fsp3) is 0.200. The van der Waals surface area contributed by atoms with Gasteiger partial charge in [0.15, 0.2) is 0 Å². The van der Waals surface area contributed by atoms with Gasteiger partial charge in [-0.3, -0.25) is 4.98 Å². The summed E-state index contributed by atoms with van der Waals surface area (Å²) in [6.07, 6.45) is 3.43. The quantitative estimate of drug-likeness (QED) is 0.900. The second kappa shape index (κ2) is 7.05. The van der Waals surface area contributed by atoms with Crippen LogP contribution in [-0.2, 0) is 6.54 Å². The molecule has 2 N–H and O–H groups in total. The van der Waals surface area contributed by atoms with Gasteiger partial charge in [0.2, 0.25) is 0 Å². The van der Waals surface area contributed by atoms with Crippen molar-refractivity contribution >= 4 is 22.0 Å². The van der Waals surface area contributed by atoms with Crippen molar-refractivity contribution in [2.24, 2.45) is 0 Å². The lowest BCUT2D eigenvalue weighted by Gasteiger charge is -2.14. The number of nitrogens with one attached hydrogen (secondary N) is 2. The summed E-state index contributed by atoms with van der Waals surface area (Å²) < 4.78 is 1.03. The first-order valence-corrected chi connectivity index (χ1v) is 7.13. The molecule has 0 aliphatic carbocycles. The summed E-state index contributed by atoms with van der Waals surface area (Å²) in [4.78, 5) is 15.8. The van der Waals surface area contributed by atoms with Gasteiger partial charge in [-0.25, -0.2) is 4.79 Å². The van der Waals surface area contributed by atoms with Crippen molar-refractivity contribution in [2.45, 2.75) is 19.5 Å². The molecule has 0 aliphatic rings. The smallest absolute Gasteiger partial charge is 0.315 e. The fourth-order valence-corrected chi connectivity index (χ4v) is 2.03. The second-order valence-electron chi connectivity index (χ2n) is 4.46. The molecule has 0 saturated carbocycles. The van der Waals surface area contributed by atoms with Gasteiger partial charge in [-0.2, -0.15) is 0 Å². The maximum absolute atomic E-state index is 11.8. The van der Waals surface area contributed by atoms with Crippen molar-refractivity contribution in [3.63, 3.8) is 0 Å². The second-order valence-corrected chi connectivity index (χ2v) is 5.37. The van der Waals surface area contributed by atoms with Crippen LogP contribution in [0.4, 0.5) is 4.79 Å². The minimum Gasteiger partial charge on any atom is -0.334 e. The van der Waals surface area contributed by atoms with Crippen LogP contribution in [0.1, 0.15) is 24.1 Å². The predicted octanol–water partition coefficient (Wildman–Crippen LogP) is 3.40. The normalized spacial score (nSPS) is 11.7. The van der Waals surface area contributed by atoms with Crippen LogP contribution in [0.25, 0.3) is 0 Å². The molecule has 1 aromatic carbocycles. The molecule has 4 nitrogen and oxygen atoms in total. The van der Waals surface area contributed by atoms with E-state index in [1.165, 1.54) is 0 Å². The summed E-state index contributed by atoms with van der Waals surface area (Å²) in [5.74, 6) is 0. The van der Waals surface area contributed by atoms with Crippen molar-refractivity contribution in [1.82, 2.24) is 15.6 Å². The minimum atomic E-state index is -0.183. The number of aromatic nitrogens is 1. The number of nitrogens with zero attached hydrogens (tertiary/aromatic N) is 1. The first-order chi connectivity index (χ1) is 9.65. The van der Waals surface area contributed by atoms with Gasteiger partial charge in [0, 0.05) is 23.4 Å². The van der Waals surface area contributed by atoms with E-state index in [1.54, 1.807) is 12.4 Å². The van der Waals surface area contributed by atoms with E-state index in [2.05, 4.69) is 31.5 Å². The Morgan fingerprint density at radius 1 is 1.20 bits per heavy atom. The number of benzene rings is 1. The molecule has 0 spiro atoms. The summed E-state index contributed by atoms with van der Waals surface area (Å²) in [6, 6.07) is 11.4. The zero-order chi connectivity index (χ0) is 14.4. The SMILES string of the molecule is C[C@H](NC(=O)NCc1ccc(Br)cc1)c1ccncc1. The van der Waals surface area contributed by atoms with E-state index in [-0.39, 0.29) is 12.1 Å². The largest absolute Gasteiger partial charge is 0.334 e. The Morgan fingerprint density at radius 3 is 2.50 bits per heavy atom. The van der Waals surface area contributed by atoms with Crippen LogP contribution < -0.4 is 10.6 Å². The van der Waals surface area contributed by atoms with Crippen LogP contribution >= 0.6 is 15.9 Å². The summed E-state index contributed by atoms with van der Waals surface area (Å²) in [6.45, 7) is 2.44. The van der Waals surface area contributed by atoms with Gasteiger partial charge in [-0.1, -0.05) is 28.1 Å². The van der Waals surface area contributed by atoms with E-state index < -0.39 is 0 Å². The monoisotopic (exact) mass is 333 g/mol. The first-order valence-electron chi connectivity index (χ1n) is 6.34. The van der Waals surface area contributed by atoms with Gasteiger partial charge in [0.05, 0.1) is 6.04 Å². The van der Waals surface area contributed by atoms with E-state index in [4.69, 9.17) is 0 Å². The average molecular weight is 334 g/mol. The highest BCUT2D eigenvalue weighted by Crippen LogP contribution is 2.11. The lowest BCUT2D eigenvalue weighted by atomic mass is 10.1. The summed E-state index contributed by atoms with van der Waals surface area (Å²) >= 11 is 3.38. The zero-order valence-corrected chi connectivity index (χ0v) is 12.7. The molecule has 104 valence electrons. The van der Waals surface area contributed by atoms with Gasteiger partial charge in [-0.05, 0) is 42.3 Å².